The fourth-order valence-corrected chi connectivity index (χ4v) is 1.14. The van der Waals surface area contributed by atoms with E-state index in [-0.39, 0.29) is 0 Å². The molecule has 3 heteroatoms. The minimum atomic E-state index is 0.313. The van der Waals surface area contributed by atoms with Crippen LogP contribution in [0.15, 0.2) is 18.5 Å². The molecule has 0 aromatic carbocycles. The second kappa shape index (κ2) is 5.60. The summed E-state index contributed by atoms with van der Waals surface area (Å²) >= 11 is 0. The Balaban J connectivity index is 2.68. The molecule has 1 rings (SSSR count). The van der Waals surface area contributed by atoms with Crippen LogP contribution in [0.5, 0.6) is 5.75 Å². The maximum atomic E-state index is 5.50. The van der Waals surface area contributed by atoms with E-state index in [9.17, 15) is 0 Å². The fraction of sp³-hybridized carbons (Fsp3) is 0.545. The minimum Gasteiger partial charge on any atom is -0.492 e. The maximum absolute atomic E-state index is 5.50. The quantitative estimate of drug-likeness (QED) is 0.780. The molecule has 1 aromatic rings. The summed E-state index contributed by atoms with van der Waals surface area (Å²) in [6.45, 7) is 4.94. The summed E-state index contributed by atoms with van der Waals surface area (Å²) in [5.41, 5.74) is 1.15. The molecule has 1 atom stereocenters. The van der Waals surface area contributed by atoms with Gasteiger partial charge >= 0.3 is 0 Å². The van der Waals surface area contributed by atoms with Gasteiger partial charge in [-0.25, -0.2) is 0 Å². The highest BCUT2D eigenvalue weighted by atomic mass is 16.5. The Kier molecular flexibility index (Phi) is 4.40. The molecule has 78 valence electrons. The molecular weight excluding hydrogens is 176 g/mol. The lowest BCUT2D eigenvalue weighted by Crippen LogP contribution is -2.12. The standard InChI is InChI=1S/C11H18N2O/c1-4-5-14-11-6-10(7-13-8-11)9(2)12-3/h6-9,12H,4-5H2,1-3H3. The number of aromatic nitrogens is 1. The van der Waals surface area contributed by atoms with Crippen LogP contribution in [0.1, 0.15) is 31.9 Å². The van der Waals surface area contributed by atoms with Gasteiger partial charge in [-0.3, -0.25) is 4.98 Å². The Morgan fingerprint density at radius 1 is 1.50 bits per heavy atom. The van der Waals surface area contributed by atoms with E-state index in [1.165, 1.54) is 0 Å². The number of ether oxygens (including phenoxy) is 1. The van der Waals surface area contributed by atoms with Gasteiger partial charge in [-0.1, -0.05) is 6.92 Å². The lowest BCUT2D eigenvalue weighted by atomic mass is 10.1. The minimum absolute atomic E-state index is 0.313. The molecule has 0 saturated heterocycles. The van der Waals surface area contributed by atoms with Crippen LogP contribution in [-0.2, 0) is 0 Å². The van der Waals surface area contributed by atoms with Crippen LogP contribution in [-0.4, -0.2) is 18.6 Å². The van der Waals surface area contributed by atoms with E-state index in [0.717, 1.165) is 24.3 Å². The van der Waals surface area contributed by atoms with Crippen molar-refractivity contribution < 1.29 is 4.74 Å². The van der Waals surface area contributed by atoms with Crippen molar-refractivity contribution in [3.8, 4) is 5.75 Å². The fourth-order valence-electron chi connectivity index (χ4n) is 1.14. The van der Waals surface area contributed by atoms with Gasteiger partial charge in [0.1, 0.15) is 5.75 Å². The van der Waals surface area contributed by atoms with Crippen molar-refractivity contribution in [3.63, 3.8) is 0 Å². The maximum Gasteiger partial charge on any atom is 0.137 e. The average molecular weight is 194 g/mol. The SMILES string of the molecule is CCCOc1cncc(C(C)NC)c1. The van der Waals surface area contributed by atoms with Crippen molar-refractivity contribution in [1.82, 2.24) is 10.3 Å². The van der Waals surface area contributed by atoms with Gasteiger partial charge in [0.05, 0.1) is 12.8 Å². The summed E-state index contributed by atoms with van der Waals surface area (Å²) in [7, 11) is 1.93. The number of nitrogens with one attached hydrogen (secondary N) is 1. The van der Waals surface area contributed by atoms with Crippen LogP contribution in [0, 0.1) is 0 Å². The summed E-state index contributed by atoms with van der Waals surface area (Å²) < 4.78 is 5.50. The molecule has 0 amide bonds. The van der Waals surface area contributed by atoms with E-state index in [1.54, 1.807) is 6.20 Å². The van der Waals surface area contributed by atoms with E-state index in [0.29, 0.717) is 6.04 Å². The highest BCUT2D eigenvalue weighted by molar-refractivity contribution is 5.25. The molecule has 1 heterocycles. The van der Waals surface area contributed by atoms with E-state index in [4.69, 9.17) is 4.74 Å². The first-order valence-electron chi connectivity index (χ1n) is 5.03. The summed E-state index contributed by atoms with van der Waals surface area (Å²) in [6.07, 6.45) is 4.63. The van der Waals surface area contributed by atoms with Gasteiger partial charge in [-0.15, -0.1) is 0 Å². The number of rotatable bonds is 5. The predicted molar refractivity (Wildman–Crippen MR) is 57.5 cm³/mol. The predicted octanol–water partition coefficient (Wildman–Crippen LogP) is 2.15. The molecule has 1 N–H and O–H groups in total. The molecule has 0 radical (unpaired) electrons. The molecule has 0 bridgehead atoms. The van der Waals surface area contributed by atoms with Gasteiger partial charge in [0, 0.05) is 12.2 Å². The van der Waals surface area contributed by atoms with E-state index >= 15 is 0 Å². The third-order valence-corrected chi connectivity index (χ3v) is 2.14. The molecular formula is C11H18N2O. The molecule has 1 aromatic heterocycles. The molecule has 0 spiro atoms. The van der Waals surface area contributed by atoms with E-state index < -0.39 is 0 Å². The van der Waals surface area contributed by atoms with Crippen molar-refractivity contribution in [2.45, 2.75) is 26.3 Å². The summed E-state index contributed by atoms with van der Waals surface area (Å²) in [5.74, 6) is 0.853. The molecule has 0 saturated carbocycles. The van der Waals surface area contributed by atoms with Crippen LogP contribution < -0.4 is 10.1 Å². The number of pyridine rings is 1. The molecule has 0 aliphatic heterocycles. The first kappa shape index (κ1) is 11.0. The average Bonchev–Trinajstić information content (AvgIpc) is 2.25. The Morgan fingerprint density at radius 2 is 2.29 bits per heavy atom. The number of nitrogens with zero attached hydrogens (tertiary/aromatic N) is 1. The molecule has 3 nitrogen and oxygen atoms in total. The van der Waals surface area contributed by atoms with Gasteiger partial charge in [-0.2, -0.15) is 0 Å². The Bertz CT molecular complexity index is 276. The largest absolute Gasteiger partial charge is 0.492 e. The first-order chi connectivity index (χ1) is 6.77. The normalized spacial score (nSPS) is 12.5. The number of hydrogen-bond acceptors (Lipinski definition) is 3. The zero-order valence-electron chi connectivity index (χ0n) is 9.08. The van der Waals surface area contributed by atoms with Crippen LogP contribution in [0.4, 0.5) is 0 Å². The summed E-state index contributed by atoms with van der Waals surface area (Å²) in [5, 5.41) is 3.17. The Hall–Kier alpha value is -1.09. The highest BCUT2D eigenvalue weighted by Crippen LogP contribution is 2.16. The smallest absolute Gasteiger partial charge is 0.137 e. The summed E-state index contributed by atoms with van der Waals surface area (Å²) in [6, 6.07) is 2.34. The molecule has 0 aliphatic carbocycles. The highest BCUT2D eigenvalue weighted by Gasteiger charge is 2.03. The molecule has 14 heavy (non-hydrogen) atoms. The second-order valence-corrected chi connectivity index (χ2v) is 3.31. The van der Waals surface area contributed by atoms with Crippen LogP contribution in [0.3, 0.4) is 0 Å². The summed E-state index contributed by atoms with van der Waals surface area (Å²) in [4.78, 5) is 4.14. The second-order valence-electron chi connectivity index (χ2n) is 3.31. The van der Waals surface area contributed by atoms with Gasteiger partial charge in [0.15, 0.2) is 0 Å². The Morgan fingerprint density at radius 3 is 2.93 bits per heavy atom. The molecule has 1 unspecified atom stereocenters. The number of hydrogen-bond donors (Lipinski definition) is 1. The van der Waals surface area contributed by atoms with E-state index in [1.807, 2.05) is 19.3 Å². The third-order valence-electron chi connectivity index (χ3n) is 2.14. The third kappa shape index (κ3) is 3.00. The van der Waals surface area contributed by atoms with Gasteiger partial charge in [0.25, 0.3) is 0 Å². The van der Waals surface area contributed by atoms with Crippen molar-refractivity contribution in [1.29, 1.82) is 0 Å². The van der Waals surface area contributed by atoms with Crippen molar-refractivity contribution >= 4 is 0 Å². The molecule has 0 fully saturated rings. The van der Waals surface area contributed by atoms with Crippen LogP contribution in [0.25, 0.3) is 0 Å². The lowest BCUT2D eigenvalue weighted by molar-refractivity contribution is 0.315. The first-order valence-corrected chi connectivity index (χ1v) is 5.03. The molecule has 0 aliphatic rings. The monoisotopic (exact) mass is 194 g/mol. The Labute approximate surface area is 85.5 Å². The van der Waals surface area contributed by atoms with Crippen LogP contribution in [0.2, 0.25) is 0 Å². The van der Waals surface area contributed by atoms with Gasteiger partial charge < -0.3 is 10.1 Å². The van der Waals surface area contributed by atoms with Crippen molar-refractivity contribution in [2.75, 3.05) is 13.7 Å². The van der Waals surface area contributed by atoms with E-state index in [2.05, 4.69) is 24.1 Å². The van der Waals surface area contributed by atoms with Crippen molar-refractivity contribution in [3.05, 3.63) is 24.0 Å². The zero-order valence-corrected chi connectivity index (χ0v) is 9.08. The van der Waals surface area contributed by atoms with Crippen molar-refractivity contribution in [2.24, 2.45) is 0 Å². The topological polar surface area (TPSA) is 34.1 Å². The van der Waals surface area contributed by atoms with Crippen LogP contribution >= 0.6 is 0 Å². The lowest BCUT2D eigenvalue weighted by Gasteiger charge is -2.11. The van der Waals surface area contributed by atoms with Gasteiger partial charge in [-0.05, 0) is 32.0 Å². The zero-order chi connectivity index (χ0) is 10.4. The van der Waals surface area contributed by atoms with Gasteiger partial charge in [0.2, 0.25) is 0 Å².